The third-order valence-electron chi connectivity index (χ3n) is 3.22. The first kappa shape index (κ1) is 13.9. The summed E-state index contributed by atoms with van der Waals surface area (Å²) in [5.74, 6) is 0.106. The van der Waals surface area contributed by atoms with Crippen LogP contribution in [0.1, 0.15) is 30.3 Å². The summed E-state index contributed by atoms with van der Waals surface area (Å²) < 4.78 is 5.09. The van der Waals surface area contributed by atoms with Crippen LogP contribution < -0.4 is 5.32 Å². The van der Waals surface area contributed by atoms with Crippen LogP contribution in [0.5, 0.6) is 0 Å². The van der Waals surface area contributed by atoms with Gasteiger partial charge in [0.25, 0.3) is 5.91 Å². The SMILES string of the molecule is CC(Cl)C(=O)NC1CCN(C(=O)c2ccco2)CC1. The van der Waals surface area contributed by atoms with Crippen LogP contribution in [0.2, 0.25) is 0 Å². The van der Waals surface area contributed by atoms with Crippen molar-refractivity contribution in [2.24, 2.45) is 0 Å². The van der Waals surface area contributed by atoms with Crippen molar-refractivity contribution in [3.05, 3.63) is 24.2 Å². The first-order valence-corrected chi connectivity index (χ1v) is 6.79. The van der Waals surface area contributed by atoms with Gasteiger partial charge in [0.15, 0.2) is 5.76 Å². The molecule has 2 amide bonds. The van der Waals surface area contributed by atoms with E-state index in [0.717, 1.165) is 12.8 Å². The van der Waals surface area contributed by atoms with Gasteiger partial charge in [-0.25, -0.2) is 0 Å². The number of rotatable bonds is 3. The third-order valence-corrected chi connectivity index (χ3v) is 3.42. The van der Waals surface area contributed by atoms with E-state index in [2.05, 4.69) is 5.32 Å². The minimum atomic E-state index is -0.525. The molecule has 5 nitrogen and oxygen atoms in total. The van der Waals surface area contributed by atoms with Crippen LogP contribution in [-0.4, -0.2) is 41.2 Å². The Morgan fingerprint density at radius 1 is 1.47 bits per heavy atom. The average Bonchev–Trinajstić information content (AvgIpc) is 2.92. The van der Waals surface area contributed by atoms with Crippen molar-refractivity contribution in [3.8, 4) is 0 Å². The van der Waals surface area contributed by atoms with Crippen molar-refractivity contribution in [1.82, 2.24) is 10.2 Å². The summed E-state index contributed by atoms with van der Waals surface area (Å²) in [6.45, 7) is 2.87. The lowest BCUT2D eigenvalue weighted by molar-refractivity contribution is -0.121. The summed E-state index contributed by atoms with van der Waals surface area (Å²) >= 11 is 5.71. The van der Waals surface area contributed by atoms with Crippen LogP contribution in [0, 0.1) is 0 Å². The lowest BCUT2D eigenvalue weighted by Gasteiger charge is -2.32. The lowest BCUT2D eigenvalue weighted by atomic mass is 10.0. The summed E-state index contributed by atoms with van der Waals surface area (Å²) in [7, 11) is 0. The molecule has 1 aromatic heterocycles. The Kier molecular flexibility index (Phi) is 4.47. The predicted molar refractivity (Wildman–Crippen MR) is 71.1 cm³/mol. The molecule has 1 aliphatic rings. The molecule has 0 saturated carbocycles. The van der Waals surface area contributed by atoms with Gasteiger partial charge in [0, 0.05) is 19.1 Å². The van der Waals surface area contributed by atoms with Gasteiger partial charge >= 0.3 is 0 Å². The molecular formula is C13H17ClN2O3. The monoisotopic (exact) mass is 284 g/mol. The van der Waals surface area contributed by atoms with E-state index < -0.39 is 5.38 Å². The second-order valence-electron chi connectivity index (χ2n) is 4.67. The Hall–Kier alpha value is -1.49. The first-order chi connectivity index (χ1) is 9.08. The Balaban J connectivity index is 1.82. The van der Waals surface area contributed by atoms with Crippen molar-refractivity contribution in [3.63, 3.8) is 0 Å². The highest BCUT2D eigenvalue weighted by Gasteiger charge is 2.26. The molecular weight excluding hydrogens is 268 g/mol. The highest BCUT2D eigenvalue weighted by atomic mass is 35.5. The normalized spacial score (nSPS) is 18.1. The average molecular weight is 285 g/mol. The zero-order chi connectivity index (χ0) is 13.8. The molecule has 1 unspecified atom stereocenters. The standard InChI is InChI=1S/C13H17ClN2O3/c1-9(14)12(17)15-10-4-6-16(7-5-10)13(18)11-3-2-8-19-11/h2-3,8-10H,4-7H2,1H3,(H,15,17). The fourth-order valence-corrected chi connectivity index (χ4v) is 2.16. The number of furan rings is 1. The smallest absolute Gasteiger partial charge is 0.289 e. The largest absolute Gasteiger partial charge is 0.459 e. The number of alkyl halides is 1. The molecule has 104 valence electrons. The van der Waals surface area contributed by atoms with Gasteiger partial charge in [-0.15, -0.1) is 11.6 Å². The number of hydrogen-bond acceptors (Lipinski definition) is 3. The quantitative estimate of drug-likeness (QED) is 0.858. The maximum atomic E-state index is 12.0. The Morgan fingerprint density at radius 3 is 2.68 bits per heavy atom. The molecule has 2 heterocycles. The van der Waals surface area contributed by atoms with Crippen LogP contribution in [0.3, 0.4) is 0 Å². The fraction of sp³-hybridized carbons (Fsp3) is 0.538. The molecule has 1 atom stereocenters. The van der Waals surface area contributed by atoms with Gasteiger partial charge in [-0.3, -0.25) is 9.59 Å². The molecule has 0 aliphatic carbocycles. The molecule has 0 radical (unpaired) electrons. The molecule has 1 aliphatic heterocycles. The predicted octanol–water partition coefficient (Wildman–Crippen LogP) is 1.63. The van der Waals surface area contributed by atoms with Crippen LogP contribution in [0.25, 0.3) is 0 Å². The molecule has 1 saturated heterocycles. The number of carbonyl (C=O) groups excluding carboxylic acids is 2. The fourth-order valence-electron chi connectivity index (χ4n) is 2.10. The summed E-state index contributed by atoms with van der Waals surface area (Å²) in [4.78, 5) is 25.2. The first-order valence-electron chi connectivity index (χ1n) is 6.35. The number of likely N-dealkylation sites (tertiary alicyclic amines) is 1. The Labute approximate surface area is 116 Å². The van der Waals surface area contributed by atoms with E-state index in [1.165, 1.54) is 6.26 Å². The minimum Gasteiger partial charge on any atom is -0.459 e. The molecule has 1 aromatic rings. The number of carbonyl (C=O) groups is 2. The highest BCUT2D eigenvalue weighted by molar-refractivity contribution is 6.30. The number of amides is 2. The number of piperidine rings is 1. The summed E-state index contributed by atoms with van der Waals surface area (Å²) in [6, 6.07) is 3.45. The molecule has 1 fully saturated rings. The van der Waals surface area contributed by atoms with Gasteiger partial charge in [-0.05, 0) is 31.9 Å². The van der Waals surface area contributed by atoms with Crippen molar-refractivity contribution < 1.29 is 14.0 Å². The maximum Gasteiger partial charge on any atom is 0.289 e. The van der Waals surface area contributed by atoms with Gasteiger partial charge in [-0.2, -0.15) is 0 Å². The summed E-state index contributed by atoms with van der Waals surface area (Å²) in [5.41, 5.74) is 0. The molecule has 1 N–H and O–H groups in total. The van der Waals surface area contributed by atoms with Gasteiger partial charge in [0.2, 0.25) is 5.91 Å². The number of hydrogen-bond donors (Lipinski definition) is 1. The number of nitrogens with zero attached hydrogens (tertiary/aromatic N) is 1. The number of halogens is 1. The second kappa shape index (κ2) is 6.10. The van der Waals surface area contributed by atoms with Crippen molar-refractivity contribution >= 4 is 23.4 Å². The number of nitrogens with one attached hydrogen (secondary N) is 1. The van der Waals surface area contributed by atoms with Crippen molar-refractivity contribution in [1.29, 1.82) is 0 Å². The Morgan fingerprint density at radius 2 is 2.16 bits per heavy atom. The molecule has 0 aromatic carbocycles. The van der Waals surface area contributed by atoms with Gasteiger partial charge in [-0.1, -0.05) is 0 Å². The van der Waals surface area contributed by atoms with Crippen molar-refractivity contribution in [2.45, 2.75) is 31.2 Å². The summed E-state index contributed by atoms with van der Waals surface area (Å²) in [6.07, 6.45) is 2.96. The van der Waals surface area contributed by atoms with Crippen molar-refractivity contribution in [2.75, 3.05) is 13.1 Å². The molecule has 19 heavy (non-hydrogen) atoms. The third kappa shape index (κ3) is 3.50. The topological polar surface area (TPSA) is 62.6 Å². The minimum absolute atomic E-state index is 0.0920. The van der Waals surface area contributed by atoms with Crippen LogP contribution >= 0.6 is 11.6 Å². The van der Waals surface area contributed by atoms with E-state index in [-0.39, 0.29) is 17.9 Å². The van der Waals surface area contributed by atoms with E-state index >= 15 is 0 Å². The van der Waals surface area contributed by atoms with Crippen LogP contribution in [-0.2, 0) is 4.79 Å². The second-order valence-corrected chi connectivity index (χ2v) is 5.32. The van der Waals surface area contributed by atoms with Gasteiger partial charge in [0.05, 0.1) is 6.26 Å². The summed E-state index contributed by atoms with van der Waals surface area (Å²) in [5, 5.41) is 2.36. The van der Waals surface area contributed by atoms with E-state index in [1.54, 1.807) is 24.0 Å². The van der Waals surface area contributed by atoms with E-state index in [1.807, 2.05) is 0 Å². The highest BCUT2D eigenvalue weighted by Crippen LogP contribution is 2.14. The molecule has 0 spiro atoms. The molecule has 0 bridgehead atoms. The Bertz CT molecular complexity index is 437. The zero-order valence-corrected chi connectivity index (χ0v) is 11.5. The van der Waals surface area contributed by atoms with E-state index in [0.29, 0.717) is 18.8 Å². The van der Waals surface area contributed by atoms with Gasteiger partial charge < -0.3 is 14.6 Å². The van der Waals surface area contributed by atoms with Gasteiger partial charge in [0.1, 0.15) is 5.38 Å². The van der Waals surface area contributed by atoms with E-state index in [9.17, 15) is 9.59 Å². The zero-order valence-electron chi connectivity index (χ0n) is 10.8. The van der Waals surface area contributed by atoms with Crippen LogP contribution in [0.4, 0.5) is 0 Å². The van der Waals surface area contributed by atoms with Crippen LogP contribution in [0.15, 0.2) is 22.8 Å². The molecule has 6 heteroatoms. The lowest BCUT2D eigenvalue weighted by Crippen LogP contribution is -2.47. The maximum absolute atomic E-state index is 12.0. The van der Waals surface area contributed by atoms with E-state index in [4.69, 9.17) is 16.0 Å². The molecule has 2 rings (SSSR count).